The van der Waals surface area contributed by atoms with E-state index < -0.39 is 5.97 Å². The van der Waals surface area contributed by atoms with Crippen LogP contribution in [-0.4, -0.2) is 22.1 Å². The van der Waals surface area contributed by atoms with Crippen LogP contribution in [0.1, 0.15) is 0 Å². The zero-order chi connectivity index (χ0) is 7.56. The van der Waals surface area contributed by atoms with Gasteiger partial charge in [0, 0.05) is 12.0 Å². The summed E-state index contributed by atoms with van der Waals surface area (Å²) in [5.41, 5.74) is 0.226. The minimum atomic E-state index is -0.979. The molecular weight excluding hydrogens is 154 g/mol. The van der Waals surface area contributed by atoms with Crippen LogP contribution in [0.4, 0.5) is 4.79 Å². The fourth-order valence-corrected chi connectivity index (χ4v) is 1.13. The molecule has 0 atom stereocenters. The van der Waals surface area contributed by atoms with Crippen LogP contribution < -0.4 is 5.32 Å². The SMILES string of the molecule is O=C1NC=C(C(=O)O)CS1. The Bertz CT molecular complexity index is 211. The predicted molar refractivity (Wildman–Crippen MR) is 36.7 cm³/mol. The van der Waals surface area contributed by atoms with Crippen molar-refractivity contribution in [2.24, 2.45) is 0 Å². The minimum Gasteiger partial charge on any atom is -0.478 e. The summed E-state index contributed by atoms with van der Waals surface area (Å²) in [7, 11) is 0. The molecule has 5 heteroatoms. The highest BCUT2D eigenvalue weighted by molar-refractivity contribution is 8.13. The van der Waals surface area contributed by atoms with Crippen LogP contribution in [0.5, 0.6) is 0 Å². The predicted octanol–water partition coefficient (Wildman–Crippen LogP) is 0.411. The summed E-state index contributed by atoms with van der Waals surface area (Å²) in [4.78, 5) is 20.7. The Morgan fingerprint density at radius 1 is 1.80 bits per heavy atom. The van der Waals surface area contributed by atoms with E-state index in [0.29, 0.717) is 0 Å². The summed E-state index contributed by atoms with van der Waals surface area (Å²) in [6.07, 6.45) is 1.22. The van der Waals surface area contributed by atoms with E-state index in [9.17, 15) is 9.59 Å². The molecule has 0 saturated carbocycles. The molecule has 0 aromatic carbocycles. The van der Waals surface area contributed by atoms with Crippen LogP contribution in [0.3, 0.4) is 0 Å². The standard InChI is InChI=1S/C5H5NO3S/c7-4(8)3-1-6-5(9)10-2-3/h1H,2H2,(H,6,9)(H,7,8). The quantitative estimate of drug-likeness (QED) is 0.581. The van der Waals surface area contributed by atoms with Crippen molar-refractivity contribution in [3.63, 3.8) is 0 Å². The van der Waals surface area contributed by atoms with Gasteiger partial charge in [0.2, 0.25) is 0 Å². The number of hydrogen-bond donors (Lipinski definition) is 2. The minimum absolute atomic E-state index is 0.204. The third kappa shape index (κ3) is 1.51. The third-order valence-electron chi connectivity index (χ3n) is 0.998. The van der Waals surface area contributed by atoms with Crippen molar-refractivity contribution >= 4 is 23.0 Å². The highest BCUT2D eigenvalue weighted by atomic mass is 32.2. The Balaban J connectivity index is 2.65. The number of rotatable bonds is 1. The van der Waals surface area contributed by atoms with Crippen LogP contribution in [0.2, 0.25) is 0 Å². The summed E-state index contributed by atoms with van der Waals surface area (Å²) in [6.45, 7) is 0. The Kier molecular flexibility index (Phi) is 1.96. The van der Waals surface area contributed by atoms with Crippen LogP contribution in [0, 0.1) is 0 Å². The van der Waals surface area contributed by atoms with Crippen LogP contribution >= 0.6 is 11.8 Å². The maximum Gasteiger partial charge on any atom is 0.333 e. The molecule has 0 bridgehead atoms. The molecule has 0 spiro atoms. The largest absolute Gasteiger partial charge is 0.478 e. The summed E-state index contributed by atoms with van der Waals surface area (Å²) < 4.78 is 0. The number of carboxylic acids is 1. The molecule has 1 heterocycles. The maximum atomic E-state index is 10.4. The number of aliphatic carboxylic acids is 1. The number of amides is 1. The molecule has 0 aromatic rings. The van der Waals surface area contributed by atoms with Gasteiger partial charge in [0.1, 0.15) is 0 Å². The van der Waals surface area contributed by atoms with Crippen LogP contribution in [0.15, 0.2) is 11.8 Å². The summed E-state index contributed by atoms with van der Waals surface area (Å²) in [5, 5.41) is 10.5. The van der Waals surface area contributed by atoms with E-state index in [1.165, 1.54) is 6.20 Å². The van der Waals surface area contributed by atoms with Gasteiger partial charge in [0.05, 0.1) is 5.57 Å². The molecule has 1 amide bonds. The van der Waals surface area contributed by atoms with Gasteiger partial charge < -0.3 is 10.4 Å². The molecule has 54 valence electrons. The van der Waals surface area contributed by atoms with Crippen LogP contribution in [-0.2, 0) is 4.79 Å². The molecule has 0 aromatic heterocycles. The van der Waals surface area contributed by atoms with Gasteiger partial charge in [-0.05, 0) is 0 Å². The van der Waals surface area contributed by atoms with Crippen molar-refractivity contribution in [2.45, 2.75) is 0 Å². The number of thioether (sulfide) groups is 1. The van der Waals surface area contributed by atoms with Crippen molar-refractivity contribution in [1.82, 2.24) is 5.32 Å². The Morgan fingerprint density at radius 2 is 2.50 bits per heavy atom. The second kappa shape index (κ2) is 2.74. The molecule has 2 N–H and O–H groups in total. The molecule has 4 nitrogen and oxygen atoms in total. The topological polar surface area (TPSA) is 66.4 Å². The fraction of sp³-hybridized carbons (Fsp3) is 0.200. The smallest absolute Gasteiger partial charge is 0.333 e. The first-order chi connectivity index (χ1) is 4.70. The summed E-state index contributed by atoms with van der Waals surface area (Å²) in [6, 6.07) is 0. The first-order valence-electron chi connectivity index (χ1n) is 2.56. The van der Waals surface area contributed by atoms with Gasteiger partial charge in [-0.1, -0.05) is 11.8 Å². The zero-order valence-electron chi connectivity index (χ0n) is 4.96. The van der Waals surface area contributed by atoms with E-state index in [-0.39, 0.29) is 16.6 Å². The molecule has 0 radical (unpaired) electrons. The lowest BCUT2D eigenvalue weighted by Gasteiger charge is -2.07. The Hall–Kier alpha value is -0.970. The lowest BCUT2D eigenvalue weighted by molar-refractivity contribution is -0.132. The highest BCUT2D eigenvalue weighted by Gasteiger charge is 2.14. The zero-order valence-corrected chi connectivity index (χ0v) is 5.77. The van der Waals surface area contributed by atoms with Gasteiger partial charge in [-0.15, -0.1) is 0 Å². The van der Waals surface area contributed by atoms with Crippen LogP contribution in [0.25, 0.3) is 0 Å². The average Bonchev–Trinajstić information content (AvgIpc) is 1.88. The second-order valence-electron chi connectivity index (χ2n) is 1.70. The van der Waals surface area contributed by atoms with E-state index in [2.05, 4.69) is 5.32 Å². The lowest BCUT2D eigenvalue weighted by Crippen LogP contribution is -2.21. The summed E-state index contributed by atoms with van der Waals surface area (Å²) in [5.74, 6) is -0.728. The number of nitrogens with one attached hydrogen (secondary N) is 1. The van der Waals surface area contributed by atoms with E-state index in [1.54, 1.807) is 0 Å². The van der Waals surface area contributed by atoms with Crippen molar-refractivity contribution in [3.05, 3.63) is 11.8 Å². The first-order valence-corrected chi connectivity index (χ1v) is 3.54. The number of carbonyl (C=O) groups excluding carboxylic acids is 1. The van der Waals surface area contributed by atoms with Crippen molar-refractivity contribution < 1.29 is 14.7 Å². The van der Waals surface area contributed by atoms with Gasteiger partial charge in [0.15, 0.2) is 0 Å². The number of carboxylic acid groups (broad SMARTS) is 1. The van der Waals surface area contributed by atoms with Gasteiger partial charge in [-0.3, -0.25) is 4.79 Å². The molecular formula is C5H5NO3S. The van der Waals surface area contributed by atoms with Gasteiger partial charge in [-0.2, -0.15) is 0 Å². The third-order valence-corrected chi connectivity index (χ3v) is 1.83. The lowest BCUT2D eigenvalue weighted by atomic mass is 10.3. The molecule has 1 aliphatic heterocycles. The van der Waals surface area contributed by atoms with Gasteiger partial charge >= 0.3 is 5.97 Å². The van der Waals surface area contributed by atoms with Crippen molar-refractivity contribution in [3.8, 4) is 0 Å². The molecule has 1 aliphatic rings. The fourth-order valence-electron chi connectivity index (χ4n) is 0.496. The molecule has 0 fully saturated rings. The van der Waals surface area contributed by atoms with E-state index in [4.69, 9.17) is 5.11 Å². The first kappa shape index (κ1) is 7.14. The molecule has 0 unspecified atom stereocenters. The Labute approximate surface area is 61.3 Å². The molecule has 0 aliphatic carbocycles. The normalized spacial score (nSPS) is 17.6. The molecule has 10 heavy (non-hydrogen) atoms. The van der Waals surface area contributed by atoms with E-state index in [1.807, 2.05) is 0 Å². The van der Waals surface area contributed by atoms with E-state index in [0.717, 1.165) is 11.8 Å². The van der Waals surface area contributed by atoms with Gasteiger partial charge in [-0.25, -0.2) is 4.79 Å². The number of hydrogen-bond acceptors (Lipinski definition) is 3. The maximum absolute atomic E-state index is 10.4. The van der Waals surface area contributed by atoms with Crippen molar-refractivity contribution in [1.29, 1.82) is 0 Å². The Morgan fingerprint density at radius 3 is 2.90 bits per heavy atom. The molecule has 1 rings (SSSR count). The molecule has 0 saturated heterocycles. The van der Waals surface area contributed by atoms with Crippen molar-refractivity contribution in [2.75, 3.05) is 5.75 Å². The van der Waals surface area contributed by atoms with E-state index >= 15 is 0 Å². The highest BCUT2D eigenvalue weighted by Crippen LogP contribution is 2.12. The summed E-state index contributed by atoms with van der Waals surface area (Å²) >= 11 is 0.955. The second-order valence-corrected chi connectivity index (χ2v) is 2.64. The van der Waals surface area contributed by atoms with Gasteiger partial charge in [0.25, 0.3) is 5.24 Å². The average molecular weight is 159 g/mol. The monoisotopic (exact) mass is 159 g/mol. The number of carbonyl (C=O) groups is 2.